The molecule has 1 unspecified atom stereocenters. The lowest BCUT2D eigenvalue weighted by molar-refractivity contribution is 0.108. The van der Waals surface area contributed by atoms with E-state index in [2.05, 4.69) is 0 Å². The normalized spacial score (nSPS) is 11.9. The van der Waals surface area contributed by atoms with E-state index in [1.165, 1.54) is 0 Å². The van der Waals surface area contributed by atoms with Crippen LogP contribution in [0.4, 0.5) is 0 Å². The molecule has 0 radical (unpaired) electrons. The van der Waals surface area contributed by atoms with Crippen molar-refractivity contribution in [3.63, 3.8) is 0 Å². The molecule has 0 aliphatic rings. The van der Waals surface area contributed by atoms with E-state index in [1.807, 2.05) is 77.9 Å². The van der Waals surface area contributed by atoms with Gasteiger partial charge in [-0.15, -0.1) is 0 Å². The third-order valence-corrected chi connectivity index (χ3v) is 4.89. The molecule has 23 heavy (non-hydrogen) atoms. The van der Waals surface area contributed by atoms with E-state index in [1.54, 1.807) is 0 Å². The van der Waals surface area contributed by atoms with Gasteiger partial charge in [-0.3, -0.25) is 4.79 Å². The van der Waals surface area contributed by atoms with Crippen molar-refractivity contribution in [2.24, 2.45) is 0 Å². The molecule has 2 rings (SSSR count). The second-order valence-electron chi connectivity index (χ2n) is 6.91. The maximum Gasteiger partial charge on any atom is 0.186 e. The van der Waals surface area contributed by atoms with Crippen LogP contribution in [0.1, 0.15) is 47.8 Å². The molecule has 0 amide bonds. The highest BCUT2D eigenvalue weighted by molar-refractivity contribution is 7.66. The Balaban J connectivity index is 2.22. The molecule has 0 N–H and O–H groups in total. The molecule has 0 heterocycles. The van der Waals surface area contributed by atoms with E-state index >= 15 is 0 Å². The molecule has 0 aliphatic heterocycles. The largest absolute Gasteiger partial charge is 0.488 e. The van der Waals surface area contributed by atoms with E-state index in [4.69, 9.17) is 4.74 Å². The van der Waals surface area contributed by atoms with Crippen LogP contribution in [0.2, 0.25) is 0 Å². The van der Waals surface area contributed by atoms with Gasteiger partial charge in [0.1, 0.15) is 11.4 Å². The number of hydrogen-bond donors (Lipinski definition) is 0. The first kappa shape index (κ1) is 17.7. The van der Waals surface area contributed by atoms with Crippen molar-refractivity contribution in [2.45, 2.75) is 47.1 Å². The third-order valence-electron chi connectivity index (χ3n) is 3.58. The summed E-state index contributed by atoms with van der Waals surface area (Å²) in [5.41, 5.74) is 4.04. The van der Waals surface area contributed by atoms with Crippen LogP contribution in [0, 0.1) is 20.8 Å². The standard InChI is InChI=1S/C20H25O2P/c1-13-8-7-9-14(2)18(13)19(21)23-17-11-10-16(12-15(17)3)22-20(4,5)6/h7-12,23H,1-6H3. The molecule has 0 bridgehead atoms. The van der Waals surface area contributed by atoms with Crippen molar-refractivity contribution in [1.29, 1.82) is 0 Å². The number of hydrogen-bond acceptors (Lipinski definition) is 2. The van der Waals surface area contributed by atoms with Crippen LogP contribution in [-0.2, 0) is 0 Å². The Morgan fingerprint density at radius 2 is 1.57 bits per heavy atom. The Morgan fingerprint density at radius 3 is 2.09 bits per heavy atom. The van der Waals surface area contributed by atoms with Gasteiger partial charge in [0, 0.05) is 5.56 Å². The van der Waals surface area contributed by atoms with Gasteiger partial charge < -0.3 is 4.74 Å². The molecule has 122 valence electrons. The maximum atomic E-state index is 12.7. The lowest BCUT2D eigenvalue weighted by Crippen LogP contribution is -2.23. The first-order valence-electron chi connectivity index (χ1n) is 7.84. The zero-order valence-electron chi connectivity index (χ0n) is 14.8. The van der Waals surface area contributed by atoms with E-state index < -0.39 is 0 Å². The van der Waals surface area contributed by atoms with Crippen molar-refractivity contribution in [2.75, 3.05) is 0 Å². The Kier molecular flexibility index (Phi) is 5.26. The van der Waals surface area contributed by atoms with Crippen LogP contribution < -0.4 is 10.0 Å². The molecule has 1 atom stereocenters. The zero-order chi connectivity index (χ0) is 17.2. The number of carbonyl (C=O) groups excluding carboxylic acids is 1. The molecule has 2 nitrogen and oxygen atoms in total. The average molecular weight is 328 g/mol. The number of carbonyl (C=O) groups is 1. The maximum absolute atomic E-state index is 12.7. The SMILES string of the molecule is Cc1cc(OC(C)(C)C)ccc1PC(=O)c1c(C)cccc1C. The summed E-state index contributed by atoms with van der Waals surface area (Å²) in [7, 11) is 0.137. The molecule has 0 fully saturated rings. The van der Waals surface area contributed by atoms with Crippen LogP contribution >= 0.6 is 8.58 Å². The molecule has 0 saturated carbocycles. The Labute approximate surface area is 141 Å². The van der Waals surface area contributed by atoms with Crippen molar-refractivity contribution in [1.82, 2.24) is 0 Å². The van der Waals surface area contributed by atoms with Crippen LogP contribution in [0.15, 0.2) is 36.4 Å². The van der Waals surface area contributed by atoms with Crippen LogP contribution in [0.3, 0.4) is 0 Å². The minimum absolute atomic E-state index is 0.137. The molecule has 0 aliphatic carbocycles. The molecule has 0 saturated heterocycles. The van der Waals surface area contributed by atoms with E-state index in [-0.39, 0.29) is 19.7 Å². The predicted molar refractivity (Wildman–Crippen MR) is 99.8 cm³/mol. The first-order chi connectivity index (χ1) is 10.7. The van der Waals surface area contributed by atoms with Crippen LogP contribution in [-0.4, -0.2) is 11.1 Å². The smallest absolute Gasteiger partial charge is 0.186 e. The van der Waals surface area contributed by atoms with Crippen LogP contribution in [0.5, 0.6) is 5.75 Å². The minimum Gasteiger partial charge on any atom is -0.488 e. The van der Waals surface area contributed by atoms with Gasteiger partial charge >= 0.3 is 0 Å². The summed E-state index contributed by atoms with van der Waals surface area (Å²) in [6.45, 7) is 12.1. The Morgan fingerprint density at radius 1 is 0.957 bits per heavy atom. The molecule has 2 aromatic rings. The summed E-state index contributed by atoms with van der Waals surface area (Å²) in [5.74, 6) is 0.850. The zero-order valence-corrected chi connectivity index (χ0v) is 15.8. The molecule has 0 aromatic heterocycles. The van der Waals surface area contributed by atoms with Crippen LogP contribution in [0.25, 0.3) is 0 Å². The Bertz CT molecular complexity index is 707. The average Bonchev–Trinajstić information content (AvgIpc) is 2.40. The summed E-state index contributed by atoms with van der Waals surface area (Å²) in [6, 6.07) is 12.0. The molecule has 0 spiro atoms. The van der Waals surface area contributed by atoms with Gasteiger partial charge in [0.15, 0.2) is 5.52 Å². The van der Waals surface area contributed by atoms with Crippen molar-refractivity contribution >= 4 is 19.4 Å². The fourth-order valence-corrected chi connectivity index (χ4v) is 3.75. The van der Waals surface area contributed by atoms with Crippen molar-refractivity contribution in [3.05, 3.63) is 58.7 Å². The fourth-order valence-electron chi connectivity index (χ4n) is 2.55. The predicted octanol–water partition coefficient (Wildman–Crippen LogP) is 4.93. The van der Waals surface area contributed by atoms with Crippen molar-refractivity contribution < 1.29 is 9.53 Å². The van der Waals surface area contributed by atoms with Gasteiger partial charge in [-0.2, -0.15) is 0 Å². The Hall–Kier alpha value is -1.66. The molecule has 3 heteroatoms. The van der Waals surface area contributed by atoms with Gasteiger partial charge in [0.2, 0.25) is 0 Å². The summed E-state index contributed by atoms with van der Waals surface area (Å²) in [5, 5.41) is 1.08. The second-order valence-corrected chi connectivity index (χ2v) is 8.15. The summed E-state index contributed by atoms with van der Waals surface area (Å²) in [6.07, 6.45) is 0. The number of benzene rings is 2. The second kappa shape index (κ2) is 6.84. The lowest BCUT2D eigenvalue weighted by atomic mass is 10.0. The highest BCUT2D eigenvalue weighted by atomic mass is 31.1. The van der Waals surface area contributed by atoms with Gasteiger partial charge in [0.05, 0.1) is 0 Å². The van der Waals surface area contributed by atoms with E-state index in [9.17, 15) is 4.79 Å². The topological polar surface area (TPSA) is 26.3 Å². The van der Waals surface area contributed by atoms with Gasteiger partial charge in [-0.1, -0.05) is 24.3 Å². The number of ether oxygens (including phenoxy) is 1. The molecular weight excluding hydrogens is 303 g/mol. The first-order valence-corrected chi connectivity index (χ1v) is 8.84. The lowest BCUT2D eigenvalue weighted by Gasteiger charge is -2.22. The fraction of sp³-hybridized carbons (Fsp3) is 0.350. The minimum atomic E-state index is -0.218. The summed E-state index contributed by atoms with van der Waals surface area (Å²) in [4.78, 5) is 12.7. The van der Waals surface area contributed by atoms with Gasteiger partial charge in [-0.05, 0) is 84.3 Å². The van der Waals surface area contributed by atoms with Crippen molar-refractivity contribution in [3.8, 4) is 5.75 Å². The molecular formula is C20H25O2P. The highest BCUT2D eigenvalue weighted by Gasteiger charge is 2.15. The molecule has 2 aromatic carbocycles. The number of rotatable bonds is 4. The van der Waals surface area contributed by atoms with Gasteiger partial charge in [0.25, 0.3) is 0 Å². The monoisotopic (exact) mass is 328 g/mol. The van der Waals surface area contributed by atoms with Gasteiger partial charge in [-0.25, -0.2) is 0 Å². The summed E-state index contributed by atoms with van der Waals surface area (Å²) >= 11 is 0. The quantitative estimate of drug-likeness (QED) is 0.744. The van der Waals surface area contributed by atoms with E-state index in [0.29, 0.717) is 0 Å². The van der Waals surface area contributed by atoms with E-state index in [0.717, 1.165) is 33.3 Å². The summed E-state index contributed by atoms with van der Waals surface area (Å²) < 4.78 is 5.88. The third kappa shape index (κ3) is 4.65. The highest BCUT2D eigenvalue weighted by Crippen LogP contribution is 2.27. The number of aryl methyl sites for hydroxylation is 3.